The lowest BCUT2D eigenvalue weighted by molar-refractivity contribution is -0.143. The Kier molecular flexibility index (Phi) is 6.08. The van der Waals surface area contributed by atoms with Gasteiger partial charge in [0.1, 0.15) is 0 Å². The smallest absolute Gasteiger partial charge is 0.317 e. The number of nitrogens with zero attached hydrogens (tertiary/aromatic N) is 1. The van der Waals surface area contributed by atoms with E-state index in [0.717, 1.165) is 6.42 Å². The molecule has 110 valence electrons. The molecule has 19 heavy (non-hydrogen) atoms. The molecule has 6 heteroatoms. The van der Waals surface area contributed by atoms with Crippen LogP contribution in [0.2, 0.25) is 0 Å². The number of urea groups is 1. The van der Waals surface area contributed by atoms with Crippen LogP contribution in [0.4, 0.5) is 4.79 Å². The number of piperidine rings is 1. The standard InChI is InChI=1S/C13H24N2O4/c1-9(5-7-19-3)14-13(18)15-6-4-11(12(16)17)8-10(15)2/h9-11H,4-8H2,1-3H3,(H,14,18)(H,16,17). The van der Waals surface area contributed by atoms with E-state index in [1.165, 1.54) is 0 Å². The van der Waals surface area contributed by atoms with Gasteiger partial charge in [-0.15, -0.1) is 0 Å². The Morgan fingerprint density at radius 1 is 1.53 bits per heavy atom. The van der Waals surface area contributed by atoms with E-state index in [1.807, 2.05) is 13.8 Å². The Balaban J connectivity index is 2.43. The largest absolute Gasteiger partial charge is 0.481 e. The van der Waals surface area contributed by atoms with Crippen LogP contribution in [0.3, 0.4) is 0 Å². The molecule has 1 aliphatic heterocycles. The van der Waals surface area contributed by atoms with Crippen LogP contribution in [-0.2, 0) is 9.53 Å². The predicted molar refractivity (Wildman–Crippen MR) is 71.0 cm³/mol. The van der Waals surface area contributed by atoms with Crippen molar-refractivity contribution in [2.45, 2.75) is 45.2 Å². The fourth-order valence-corrected chi connectivity index (χ4v) is 2.36. The normalized spacial score (nSPS) is 24.9. The van der Waals surface area contributed by atoms with Crippen molar-refractivity contribution in [2.75, 3.05) is 20.3 Å². The van der Waals surface area contributed by atoms with Crippen LogP contribution in [0.5, 0.6) is 0 Å². The summed E-state index contributed by atoms with van der Waals surface area (Å²) in [6.07, 6.45) is 1.82. The Labute approximate surface area is 114 Å². The highest BCUT2D eigenvalue weighted by Crippen LogP contribution is 2.23. The fourth-order valence-electron chi connectivity index (χ4n) is 2.36. The van der Waals surface area contributed by atoms with Gasteiger partial charge in [-0.05, 0) is 33.1 Å². The molecule has 1 aliphatic rings. The number of carboxylic acids is 1. The van der Waals surface area contributed by atoms with Crippen molar-refractivity contribution in [1.29, 1.82) is 0 Å². The summed E-state index contributed by atoms with van der Waals surface area (Å²) in [4.78, 5) is 24.7. The number of amides is 2. The van der Waals surface area contributed by atoms with Gasteiger partial charge >= 0.3 is 12.0 Å². The first-order chi connectivity index (χ1) is 8.95. The Morgan fingerprint density at radius 2 is 2.21 bits per heavy atom. The Morgan fingerprint density at radius 3 is 2.74 bits per heavy atom. The van der Waals surface area contributed by atoms with Gasteiger partial charge in [-0.2, -0.15) is 0 Å². The van der Waals surface area contributed by atoms with Crippen LogP contribution >= 0.6 is 0 Å². The van der Waals surface area contributed by atoms with Gasteiger partial charge in [0.15, 0.2) is 0 Å². The molecule has 6 nitrogen and oxygen atoms in total. The maximum Gasteiger partial charge on any atom is 0.317 e. The maximum atomic E-state index is 12.1. The number of rotatable bonds is 5. The molecule has 2 amide bonds. The van der Waals surface area contributed by atoms with Crippen molar-refractivity contribution in [3.05, 3.63) is 0 Å². The summed E-state index contributed by atoms with van der Waals surface area (Å²) in [5, 5.41) is 11.9. The predicted octanol–water partition coefficient (Wildman–Crippen LogP) is 1.31. The van der Waals surface area contributed by atoms with Crippen molar-refractivity contribution >= 4 is 12.0 Å². The number of aliphatic carboxylic acids is 1. The molecule has 0 aromatic carbocycles. The van der Waals surface area contributed by atoms with Gasteiger partial charge in [-0.3, -0.25) is 4.79 Å². The van der Waals surface area contributed by atoms with Crippen molar-refractivity contribution < 1.29 is 19.4 Å². The Hall–Kier alpha value is -1.30. The lowest BCUT2D eigenvalue weighted by Gasteiger charge is -2.36. The van der Waals surface area contributed by atoms with Crippen molar-refractivity contribution in [2.24, 2.45) is 5.92 Å². The molecule has 0 spiro atoms. The highest BCUT2D eigenvalue weighted by atomic mass is 16.5. The van der Waals surface area contributed by atoms with Gasteiger partial charge < -0.3 is 20.1 Å². The van der Waals surface area contributed by atoms with Crippen molar-refractivity contribution in [3.8, 4) is 0 Å². The number of carboxylic acid groups (broad SMARTS) is 1. The lowest BCUT2D eigenvalue weighted by atomic mass is 9.92. The zero-order chi connectivity index (χ0) is 14.4. The topological polar surface area (TPSA) is 78.9 Å². The zero-order valence-corrected chi connectivity index (χ0v) is 11.9. The van der Waals surface area contributed by atoms with Crippen LogP contribution in [-0.4, -0.2) is 54.4 Å². The average molecular weight is 272 g/mol. The van der Waals surface area contributed by atoms with E-state index < -0.39 is 5.97 Å². The summed E-state index contributed by atoms with van der Waals surface area (Å²) in [5.41, 5.74) is 0. The first kappa shape index (κ1) is 15.8. The number of likely N-dealkylation sites (tertiary alicyclic amines) is 1. The van der Waals surface area contributed by atoms with Crippen LogP contribution in [0.1, 0.15) is 33.1 Å². The lowest BCUT2D eigenvalue weighted by Crippen LogP contribution is -2.52. The SMILES string of the molecule is COCCC(C)NC(=O)N1CCC(C(=O)O)CC1C. The first-order valence-corrected chi connectivity index (χ1v) is 6.74. The summed E-state index contributed by atoms with van der Waals surface area (Å²) in [6, 6.07) is -0.0961. The molecule has 1 rings (SSSR count). The minimum atomic E-state index is -0.764. The molecule has 0 saturated carbocycles. The van der Waals surface area contributed by atoms with E-state index in [0.29, 0.717) is 26.0 Å². The highest BCUT2D eigenvalue weighted by Gasteiger charge is 2.32. The minimum absolute atomic E-state index is 0.0375. The summed E-state index contributed by atoms with van der Waals surface area (Å²) >= 11 is 0. The molecular formula is C13H24N2O4. The second-order valence-corrected chi connectivity index (χ2v) is 5.23. The van der Waals surface area contributed by atoms with E-state index in [2.05, 4.69) is 5.32 Å². The fraction of sp³-hybridized carbons (Fsp3) is 0.846. The van der Waals surface area contributed by atoms with Gasteiger partial charge in [0.25, 0.3) is 0 Å². The number of hydrogen-bond donors (Lipinski definition) is 2. The molecule has 3 atom stereocenters. The number of carbonyl (C=O) groups excluding carboxylic acids is 1. The Bertz CT molecular complexity index is 322. The second-order valence-electron chi connectivity index (χ2n) is 5.23. The van der Waals surface area contributed by atoms with Gasteiger partial charge in [0.05, 0.1) is 5.92 Å². The molecule has 1 heterocycles. The molecule has 0 aromatic heterocycles. The van der Waals surface area contributed by atoms with E-state index in [-0.39, 0.29) is 24.0 Å². The highest BCUT2D eigenvalue weighted by molar-refractivity contribution is 5.76. The molecule has 1 saturated heterocycles. The summed E-state index contributed by atoms with van der Waals surface area (Å²) in [6.45, 7) is 4.94. The quantitative estimate of drug-likeness (QED) is 0.791. The number of nitrogens with one attached hydrogen (secondary N) is 1. The van der Waals surface area contributed by atoms with E-state index in [1.54, 1.807) is 12.0 Å². The van der Waals surface area contributed by atoms with Crippen LogP contribution in [0.25, 0.3) is 0 Å². The molecule has 0 radical (unpaired) electrons. The van der Waals surface area contributed by atoms with E-state index in [9.17, 15) is 9.59 Å². The summed E-state index contributed by atoms with van der Waals surface area (Å²) in [5.74, 6) is -1.09. The number of methoxy groups -OCH3 is 1. The molecular weight excluding hydrogens is 248 g/mol. The summed E-state index contributed by atoms with van der Waals surface area (Å²) < 4.78 is 4.97. The zero-order valence-electron chi connectivity index (χ0n) is 11.9. The second kappa shape index (κ2) is 7.33. The minimum Gasteiger partial charge on any atom is -0.481 e. The third-order valence-electron chi connectivity index (χ3n) is 3.61. The third kappa shape index (κ3) is 4.70. The monoisotopic (exact) mass is 272 g/mol. The number of hydrogen-bond acceptors (Lipinski definition) is 3. The molecule has 0 bridgehead atoms. The van der Waals surface area contributed by atoms with Gasteiger partial charge in [-0.1, -0.05) is 0 Å². The number of ether oxygens (including phenoxy) is 1. The van der Waals surface area contributed by atoms with E-state index in [4.69, 9.17) is 9.84 Å². The van der Waals surface area contributed by atoms with Crippen LogP contribution in [0, 0.1) is 5.92 Å². The van der Waals surface area contributed by atoms with Crippen LogP contribution in [0.15, 0.2) is 0 Å². The molecule has 1 fully saturated rings. The van der Waals surface area contributed by atoms with E-state index >= 15 is 0 Å². The maximum absolute atomic E-state index is 12.1. The molecule has 0 aliphatic carbocycles. The van der Waals surface area contributed by atoms with Gasteiger partial charge in [0, 0.05) is 32.3 Å². The summed E-state index contributed by atoms with van der Waals surface area (Å²) in [7, 11) is 1.63. The van der Waals surface area contributed by atoms with Crippen LogP contribution < -0.4 is 5.32 Å². The van der Waals surface area contributed by atoms with Crippen molar-refractivity contribution in [1.82, 2.24) is 10.2 Å². The average Bonchev–Trinajstić information content (AvgIpc) is 2.35. The molecule has 0 aromatic rings. The number of carbonyl (C=O) groups is 2. The van der Waals surface area contributed by atoms with Crippen molar-refractivity contribution in [3.63, 3.8) is 0 Å². The third-order valence-corrected chi connectivity index (χ3v) is 3.61. The van der Waals surface area contributed by atoms with Gasteiger partial charge in [0.2, 0.25) is 0 Å². The molecule has 2 N–H and O–H groups in total. The van der Waals surface area contributed by atoms with Gasteiger partial charge in [-0.25, -0.2) is 4.79 Å². The molecule has 3 unspecified atom stereocenters. The first-order valence-electron chi connectivity index (χ1n) is 6.74.